The zero-order valence-electron chi connectivity index (χ0n) is 9.25. The van der Waals surface area contributed by atoms with Gasteiger partial charge in [0.1, 0.15) is 0 Å². The molecule has 0 aromatic carbocycles. The first-order chi connectivity index (χ1) is 6.77. The molecule has 0 aliphatic carbocycles. The molecule has 1 aromatic rings. The van der Waals surface area contributed by atoms with Gasteiger partial charge in [-0.3, -0.25) is 4.98 Å². The highest BCUT2D eigenvalue weighted by Gasteiger charge is 2.00. The first kappa shape index (κ1) is 11.0. The highest BCUT2D eigenvalue weighted by molar-refractivity contribution is 5.45. The van der Waals surface area contributed by atoms with E-state index in [4.69, 9.17) is 0 Å². The molecule has 0 unspecified atom stereocenters. The van der Waals surface area contributed by atoms with Crippen LogP contribution in [0.1, 0.15) is 19.0 Å². The molecule has 0 amide bonds. The van der Waals surface area contributed by atoms with Crippen LogP contribution in [0.4, 0.5) is 5.69 Å². The van der Waals surface area contributed by atoms with E-state index < -0.39 is 0 Å². The second-order valence-corrected chi connectivity index (χ2v) is 3.46. The summed E-state index contributed by atoms with van der Waals surface area (Å²) in [6.45, 7) is 4.10. The van der Waals surface area contributed by atoms with Crippen LogP contribution in [0.15, 0.2) is 18.3 Å². The Kier molecular flexibility index (Phi) is 4.40. The number of rotatable bonds is 5. The molecule has 1 rings (SSSR count). The highest BCUT2D eigenvalue weighted by Crippen LogP contribution is 2.12. The Morgan fingerprint density at radius 3 is 2.93 bits per heavy atom. The van der Waals surface area contributed by atoms with Crippen molar-refractivity contribution in [2.24, 2.45) is 0 Å². The van der Waals surface area contributed by atoms with Gasteiger partial charge in [0.25, 0.3) is 0 Å². The van der Waals surface area contributed by atoms with Crippen molar-refractivity contribution in [1.82, 2.24) is 10.3 Å². The number of aromatic nitrogens is 1. The smallest absolute Gasteiger partial charge is 0.0562 e. The van der Waals surface area contributed by atoms with Gasteiger partial charge in [0, 0.05) is 32.0 Å². The fraction of sp³-hybridized carbons (Fsp3) is 0.545. The van der Waals surface area contributed by atoms with Gasteiger partial charge >= 0.3 is 0 Å². The maximum atomic E-state index is 4.28. The van der Waals surface area contributed by atoms with E-state index >= 15 is 0 Å². The van der Waals surface area contributed by atoms with Gasteiger partial charge in [0.05, 0.1) is 5.69 Å². The lowest BCUT2D eigenvalue weighted by Crippen LogP contribution is -2.18. The van der Waals surface area contributed by atoms with E-state index in [1.54, 1.807) is 0 Å². The van der Waals surface area contributed by atoms with Gasteiger partial charge in [-0.15, -0.1) is 0 Å². The second-order valence-electron chi connectivity index (χ2n) is 3.46. The molecule has 1 N–H and O–H groups in total. The number of nitrogens with one attached hydrogen (secondary N) is 1. The van der Waals surface area contributed by atoms with Crippen molar-refractivity contribution >= 4 is 5.69 Å². The molecule has 0 saturated heterocycles. The van der Waals surface area contributed by atoms with E-state index in [0.717, 1.165) is 18.8 Å². The SMILES string of the molecule is CCCN(C)c1ccnc(CNC)c1. The summed E-state index contributed by atoms with van der Waals surface area (Å²) in [7, 11) is 4.05. The Labute approximate surface area is 86.2 Å². The minimum Gasteiger partial charge on any atom is -0.375 e. The molecule has 1 aromatic heterocycles. The zero-order valence-corrected chi connectivity index (χ0v) is 9.25. The van der Waals surface area contributed by atoms with E-state index in [1.807, 2.05) is 13.2 Å². The van der Waals surface area contributed by atoms with Crippen LogP contribution in [0.5, 0.6) is 0 Å². The van der Waals surface area contributed by atoms with Crippen molar-refractivity contribution in [3.05, 3.63) is 24.0 Å². The zero-order chi connectivity index (χ0) is 10.4. The van der Waals surface area contributed by atoms with E-state index in [-0.39, 0.29) is 0 Å². The van der Waals surface area contributed by atoms with E-state index in [9.17, 15) is 0 Å². The molecule has 0 atom stereocenters. The number of hydrogen-bond donors (Lipinski definition) is 1. The summed E-state index contributed by atoms with van der Waals surface area (Å²) >= 11 is 0. The average Bonchev–Trinajstić information content (AvgIpc) is 2.19. The maximum absolute atomic E-state index is 4.28. The lowest BCUT2D eigenvalue weighted by atomic mass is 10.3. The van der Waals surface area contributed by atoms with E-state index in [1.165, 1.54) is 12.1 Å². The molecule has 0 aliphatic rings. The van der Waals surface area contributed by atoms with Gasteiger partial charge in [0.15, 0.2) is 0 Å². The number of hydrogen-bond acceptors (Lipinski definition) is 3. The summed E-state index contributed by atoms with van der Waals surface area (Å²) in [5, 5.41) is 3.10. The van der Waals surface area contributed by atoms with Crippen molar-refractivity contribution in [2.45, 2.75) is 19.9 Å². The van der Waals surface area contributed by atoms with Crippen molar-refractivity contribution in [2.75, 3.05) is 25.5 Å². The van der Waals surface area contributed by atoms with Crippen molar-refractivity contribution < 1.29 is 0 Å². The van der Waals surface area contributed by atoms with Gasteiger partial charge in [-0.25, -0.2) is 0 Å². The van der Waals surface area contributed by atoms with Gasteiger partial charge in [-0.2, -0.15) is 0 Å². The largest absolute Gasteiger partial charge is 0.375 e. The topological polar surface area (TPSA) is 28.2 Å². The summed E-state index contributed by atoms with van der Waals surface area (Å²) in [5.74, 6) is 0. The van der Waals surface area contributed by atoms with Gasteiger partial charge in [0.2, 0.25) is 0 Å². The average molecular weight is 193 g/mol. The summed E-state index contributed by atoms with van der Waals surface area (Å²) in [4.78, 5) is 6.53. The third-order valence-electron chi connectivity index (χ3n) is 2.16. The molecule has 0 spiro atoms. The molecule has 0 aliphatic heterocycles. The molecule has 0 radical (unpaired) electrons. The van der Waals surface area contributed by atoms with Crippen LogP contribution in [0.25, 0.3) is 0 Å². The minimum absolute atomic E-state index is 0.827. The monoisotopic (exact) mass is 193 g/mol. The Morgan fingerprint density at radius 1 is 1.50 bits per heavy atom. The normalized spacial score (nSPS) is 10.2. The van der Waals surface area contributed by atoms with Crippen molar-refractivity contribution in [1.29, 1.82) is 0 Å². The summed E-state index contributed by atoms with van der Waals surface area (Å²) in [6, 6.07) is 4.18. The number of pyridine rings is 1. The van der Waals surface area contributed by atoms with Crippen LogP contribution in [-0.2, 0) is 6.54 Å². The lowest BCUT2D eigenvalue weighted by Gasteiger charge is -2.18. The molecule has 0 saturated carbocycles. The molecular formula is C11H19N3. The highest BCUT2D eigenvalue weighted by atomic mass is 15.1. The van der Waals surface area contributed by atoms with Crippen molar-refractivity contribution in [3.63, 3.8) is 0 Å². The number of anilines is 1. The molecule has 3 nitrogen and oxygen atoms in total. The molecule has 78 valence electrons. The quantitative estimate of drug-likeness (QED) is 0.770. The summed E-state index contributed by atoms with van der Waals surface area (Å²) < 4.78 is 0. The lowest BCUT2D eigenvalue weighted by molar-refractivity contribution is 0.787. The predicted octanol–water partition coefficient (Wildman–Crippen LogP) is 1.65. The Balaban J connectivity index is 2.71. The third kappa shape index (κ3) is 3.00. The Hall–Kier alpha value is -1.09. The second kappa shape index (κ2) is 5.60. The van der Waals surface area contributed by atoms with Crippen LogP contribution in [0, 0.1) is 0 Å². The Bertz CT molecular complexity index is 273. The van der Waals surface area contributed by atoms with Crippen LogP contribution in [-0.4, -0.2) is 25.6 Å². The van der Waals surface area contributed by atoms with Crippen LogP contribution >= 0.6 is 0 Å². The predicted molar refractivity (Wildman–Crippen MR) is 60.6 cm³/mol. The van der Waals surface area contributed by atoms with Gasteiger partial charge < -0.3 is 10.2 Å². The van der Waals surface area contributed by atoms with Crippen LogP contribution in [0.3, 0.4) is 0 Å². The molecule has 0 fully saturated rings. The van der Waals surface area contributed by atoms with E-state index in [0.29, 0.717) is 0 Å². The standard InChI is InChI=1S/C11H19N3/c1-4-7-14(3)11-5-6-13-10(8-11)9-12-2/h5-6,8,12H,4,7,9H2,1-3H3. The van der Waals surface area contributed by atoms with Crippen molar-refractivity contribution in [3.8, 4) is 0 Å². The van der Waals surface area contributed by atoms with E-state index in [2.05, 4.69) is 41.3 Å². The van der Waals surface area contributed by atoms with Crippen LogP contribution in [0.2, 0.25) is 0 Å². The fourth-order valence-electron chi connectivity index (χ4n) is 1.45. The minimum atomic E-state index is 0.827. The fourth-order valence-corrected chi connectivity index (χ4v) is 1.45. The summed E-state index contributed by atoms with van der Waals surface area (Å²) in [6.07, 6.45) is 3.04. The molecule has 14 heavy (non-hydrogen) atoms. The molecule has 1 heterocycles. The Morgan fingerprint density at radius 2 is 2.29 bits per heavy atom. The number of nitrogens with zero attached hydrogens (tertiary/aromatic N) is 2. The molecular weight excluding hydrogens is 174 g/mol. The molecule has 3 heteroatoms. The van der Waals surface area contributed by atoms with Gasteiger partial charge in [-0.1, -0.05) is 6.92 Å². The van der Waals surface area contributed by atoms with Crippen LogP contribution < -0.4 is 10.2 Å². The first-order valence-electron chi connectivity index (χ1n) is 5.08. The summed E-state index contributed by atoms with van der Waals surface area (Å²) in [5.41, 5.74) is 2.33. The maximum Gasteiger partial charge on any atom is 0.0562 e. The molecule has 0 bridgehead atoms. The first-order valence-corrected chi connectivity index (χ1v) is 5.08. The third-order valence-corrected chi connectivity index (χ3v) is 2.16. The van der Waals surface area contributed by atoms with Gasteiger partial charge in [-0.05, 0) is 25.6 Å².